The summed E-state index contributed by atoms with van der Waals surface area (Å²) in [6, 6.07) is 11.9. The second-order valence-corrected chi connectivity index (χ2v) is 5.07. The molecule has 0 radical (unpaired) electrons. The van der Waals surface area contributed by atoms with Crippen LogP contribution in [0.1, 0.15) is 15.9 Å². The Hall–Kier alpha value is -2.75. The standard InChI is InChI=1S/C18H14FNO2/c1-11-3-5-14(16(19)9-11)13-7-8-20-17-6-4-12(10-15(13)17)18(21)22-2/h3-10H,1-2H3. The van der Waals surface area contributed by atoms with Gasteiger partial charge in [0.1, 0.15) is 5.82 Å². The van der Waals surface area contributed by atoms with Crippen molar-refractivity contribution in [3.05, 3.63) is 65.6 Å². The number of esters is 1. The second kappa shape index (κ2) is 5.56. The summed E-state index contributed by atoms with van der Waals surface area (Å²) in [4.78, 5) is 16.0. The zero-order valence-corrected chi connectivity index (χ0v) is 12.3. The van der Waals surface area contributed by atoms with E-state index in [9.17, 15) is 9.18 Å². The number of carbonyl (C=O) groups is 1. The molecule has 110 valence electrons. The zero-order chi connectivity index (χ0) is 15.7. The SMILES string of the molecule is COC(=O)c1ccc2nccc(-c3ccc(C)cc3F)c2c1. The average Bonchev–Trinajstić information content (AvgIpc) is 2.53. The molecular formula is C18H14FNO2. The first-order valence-corrected chi connectivity index (χ1v) is 6.84. The van der Waals surface area contributed by atoms with Crippen LogP contribution < -0.4 is 0 Å². The minimum atomic E-state index is -0.430. The molecular weight excluding hydrogens is 281 g/mol. The molecule has 0 amide bonds. The maximum Gasteiger partial charge on any atom is 0.337 e. The number of carbonyl (C=O) groups excluding carboxylic acids is 1. The normalized spacial score (nSPS) is 10.7. The Morgan fingerprint density at radius 1 is 1.09 bits per heavy atom. The molecule has 3 rings (SSSR count). The largest absolute Gasteiger partial charge is 0.465 e. The van der Waals surface area contributed by atoms with Gasteiger partial charge in [-0.25, -0.2) is 9.18 Å². The van der Waals surface area contributed by atoms with Gasteiger partial charge in [-0.2, -0.15) is 0 Å². The van der Waals surface area contributed by atoms with Crippen LogP contribution in [0.25, 0.3) is 22.0 Å². The summed E-state index contributed by atoms with van der Waals surface area (Å²) in [7, 11) is 1.33. The highest BCUT2D eigenvalue weighted by Crippen LogP contribution is 2.30. The molecule has 0 atom stereocenters. The van der Waals surface area contributed by atoms with Crippen molar-refractivity contribution in [1.29, 1.82) is 0 Å². The van der Waals surface area contributed by atoms with E-state index in [2.05, 4.69) is 4.98 Å². The van der Waals surface area contributed by atoms with Crippen LogP contribution >= 0.6 is 0 Å². The molecule has 0 N–H and O–H groups in total. The van der Waals surface area contributed by atoms with Crippen LogP contribution in [0.3, 0.4) is 0 Å². The van der Waals surface area contributed by atoms with Gasteiger partial charge in [0.2, 0.25) is 0 Å². The Bertz CT molecular complexity index is 874. The molecule has 0 saturated carbocycles. The van der Waals surface area contributed by atoms with Gasteiger partial charge in [0, 0.05) is 17.1 Å². The topological polar surface area (TPSA) is 39.2 Å². The molecule has 0 aliphatic rings. The molecule has 22 heavy (non-hydrogen) atoms. The third kappa shape index (κ3) is 2.44. The van der Waals surface area contributed by atoms with Crippen molar-refractivity contribution in [3.8, 4) is 11.1 Å². The molecule has 3 aromatic rings. The zero-order valence-electron chi connectivity index (χ0n) is 12.3. The van der Waals surface area contributed by atoms with Crippen LogP contribution in [0, 0.1) is 12.7 Å². The van der Waals surface area contributed by atoms with Crippen LogP contribution in [-0.2, 0) is 4.74 Å². The van der Waals surface area contributed by atoms with Crippen molar-refractivity contribution in [2.45, 2.75) is 6.92 Å². The fourth-order valence-corrected chi connectivity index (χ4v) is 2.46. The Balaban J connectivity index is 2.26. The van der Waals surface area contributed by atoms with Gasteiger partial charge in [-0.1, -0.05) is 12.1 Å². The van der Waals surface area contributed by atoms with Gasteiger partial charge in [-0.15, -0.1) is 0 Å². The van der Waals surface area contributed by atoms with Crippen molar-refractivity contribution < 1.29 is 13.9 Å². The first kappa shape index (κ1) is 14.2. The molecule has 3 nitrogen and oxygen atoms in total. The highest BCUT2D eigenvalue weighted by molar-refractivity contribution is 6.00. The highest BCUT2D eigenvalue weighted by Gasteiger charge is 2.12. The summed E-state index contributed by atoms with van der Waals surface area (Å²) in [5.74, 6) is -0.725. The summed E-state index contributed by atoms with van der Waals surface area (Å²) in [6.07, 6.45) is 1.63. The lowest BCUT2D eigenvalue weighted by Crippen LogP contribution is -2.01. The summed E-state index contributed by atoms with van der Waals surface area (Å²) >= 11 is 0. The molecule has 0 unspecified atom stereocenters. The lowest BCUT2D eigenvalue weighted by molar-refractivity contribution is 0.0601. The third-order valence-corrected chi connectivity index (χ3v) is 3.58. The molecule has 4 heteroatoms. The number of aryl methyl sites for hydroxylation is 1. The number of nitrogens with zero attached hydrogens (tertiary/aromatic N) is 1. The lowest BCUT2D eigenvalue weighted by atomic mass is 9.98. The van der Waals surface area contributed by atoms with E-state index in [1.165, 1.54) is 13.2 Å². The van der Waals surface area contributed by atoms with E-state index in [4.69, 9.17) is 4.74 Å². The number of fused-ring (bicyclic) bond motifs is 1. The molecule has 0 aliphatic heterocycles. The van der Waals surface area contributed by atoms with Gasteiger partial charge >= 0.3 is 5.97 Å². The second-order valence-electron chi connectivity index (χ2n) is 5.07. The van der Waals surface area contributed by atoms with E-state index < -0.39 is 5.97 Å². The van der Waals surface area contributed by atoms with Crippen LogP contribution in [0.15, 0.2) is 48.7 Å². The monoisotopic (exact) mass is 295 g/mol. The van der Waals surface area contributed by atoms with Gasteiger partial charge in [-0.3, -0.25) is 4.98 Å². The maximum atomic E-state index is 14.3. The van der Waals surface area contributed by atoms with Crippen molar-refractivity contribution >= 4 is 16.9 Å². The number of pyridine rings is 1. The Kier molecular flexibility index (Phi) is 3.59. The number of aromatic nitrogens is 1. The molecule has 0 fully saturated rings. The molecule has 1 heterocycles. The number of hydrogen-bond acceptors (Lipinski definition) is 3. The van der Waals surface area contributed by atoms with E-state index in [1.54, 1.807) is 36.5 Å². The Labute approximate surface area is 127 Å². The van der Waals surface area contributed by atoms with E-state index in [1.807, 2.05) is 13.0 Å². The number of hydrogen-bond donors (Lipinski definition) is 0. The quantitative estimate of drug-likeness (QED) is 0.667. The third-order valence-electron chi connectivity index (χ3n) is 3.58. The van der Waals surface area contributed by atoms with Crippen molar-refractivity contribution in [1.82, 2.24) is 4.98 Å². The fourth-order valence-electron chi connectivity index (χ4n) is 2.46. The molecule has 1 aromatic heterocycles. The molecule has 0 spiro atoms. The smallest absolute Gasteiger partial charge is 0.337 e. The van der Waals surface area contributed by atoms with Gasteiger partial charge < -0.3 is 4.74 Å². The van der Waals surface area contributed by atoms with E-state index in [0.717, 1.165) is 5.56 Å². The van der Waals surface area contributed by atoms with E-state index in [0.29, 0.717) is 27.6 Å². The predicted octanol–water partition coefficient (Wildman–Crippen LogP) is 4.14. The number of ether oxygens (including phenoxy) is 1. The first-order chi connectivity index (χ1) is 10.6. The minimum Gasteiger partial charge on any atom is -0.465 e. The van der Waals surface area contributed by atoms with Crippen LogP contribution in [-0.4, -0.2) is 18.1 Å². The van der Waals surface area contributed by atoms with Gasteiger partial charge in [0.05, 0.1) is 18.2 Å². The number of rotatable bonds is 2. The maximum absolute atomic E-state index is 14.3. The number of halogens is 1. The molecule has 2 aromatic carbocycles. The summed E-state index contributed by atoms with van der Waals surface area (Å²) in [5.41, 5.74) is 3.16. The lowest BCUT2D eigenvalue weighted by Gasteiger charge is -2.09. The molecule has 0 saturated heterocycles. The van der Waals surface area contributed by atoms with Crippen molar-refractivity contribution in [2.24, 2.45) is 0 Å². The number of methoxy groups -OCH3 is 1. The summed E-state index contributed by atoms with van der Waals surface area (Å²) < 4.78 is 19.0. The fraction of sp³-hybridized carbons (Fsp3) is 0.111. The van der Waals surface area contributed by atoms with Crippen LogP contribution in [0.2, 0.25) is 0 Å². The Morgan fingerprint density at radius 2 is 1.91 bits per heavy atom. The first-order valence-electron chi connectivity index (χ1n) is 6.84. The van der Waals surface area contributed by atoms with Gasteiger partial charge in [0.15, 0.2) is 0 Å². The van der Waals surface area contributed by atoms with E-state index in [-0.39, 0.29) is 5.82 Å². The van der Waals surface area contributed by atoms with Crippen LogP contribution in [0.5, 0.6) is 0 Å². The number of benzene rings is 2. The predicted molar refractivity (Wildman–Crippen MR) is 83.2 cm³/mol. The minimum absolute atomic E-state index is 0.295. The molecule has 0 aliphatic carbocycles. The summed E-state index contributed by atoms with van der Waals surface area (Å²) in [6.45, 7) is 1.84. The average molecular weight is 295 g/mol. The van der Waals surface area contributed by atoms with Gasteiger partial charge in [0.25, 0.3) is 0 Å². The van der Waals surface area contributed by atoms with Crippen LogP contribution in [0.4, 0.5) is 4.39 Å². The molecule has 0 bridgehead atoms. The summed E-state index contributed by atoms with van der Waals surface area (Å²) in [5, 5.41) is 0.716. The Morgan fingerprint density at radius 3 is 2.64 bits per heavy atom. The van der Waals surface area contributed by atoms with Crippen molar-refractivity contribution in [3.63, 3.8) is 0 Å². The van der Waals surface area contributed by atoms with Gasteiger partial charge in [-0.05, 0) is 48.4 Å². The van der Waals surface area contributed by atoms with Crippen molar-refractivity contribution in [2.75, 3.05) is 7.11 Å². The van der Waals surface area contributed by atoms with E-state index >= 15 is 0 Å². The highest BCUT2D eigenvalue weighted by atomic mass is 19.1.